The molecule has 138 valence electrons. The van der Waals surface area contributed by atoms with Crippen LogP contribution < -0.4 is 15.0 Å². The van der Waals surface area contributed by atoms with Gasteiger partial charge in [-0.2, -0.15) is 0 Å². The predicted octanol–water partition coefficient (Wildman–Crippen LogP) is 1.85. The third-order valence-corrected chi connectivity index (χ3v) is 5.23. The molecule has 0 unspecified atom stereocenters. The summed E-state index contributed by atoms with van der Waals surface area (Å²) in [7, 11) is 1.69. The topological polar surface area (TPSA) is 42.8 Å². The average Bonchev–Trinajstić information content (AvgIpc) is 2.70. The molecule has 2 N–H and O–H groups in total. The molecule has 1 fully saturated rings. The van der Waals surface area contributed by atoms with E-state index in [1.807, 2.05) is 30.3 Å². The van der Waals surface area contributed by atoms with Gasteiger partial charge in [0, 0.05) is 30.9 Å². The van der Waals surface area contributed by atoms with Crippen LogP contribution in [0.5, 0.6) is 5.75 Å². The third kappa shape index (κ3) is 5.33. The molecule has 4 nitrogen and oxygen atoms in total. The average molecular weight is 353 g/mol. The van der Waals surface area contributed by atoms with E-state index in [1.165, 1.54) is 11.1 Å². The summed E-state index contributed by atoms with van der Waals surface area (Å²) in [5.74, 6) is 1.30. The Morgan fingerprint density at radius 1 is 1.04 bits per heavy atom. The smallest absolute Gasteiger partial charge is 0.223 e. The van der Waals surface area contributed by atoms with Crippen molar-refractivity contribution >= 4 is 5.91 Å². The molecule has 1 amide bonds. The van der Waals surface area contributed by atoms with Gasteiger partial charge in [0.1, 0.15) is 12.3 Å². The van der Waals surface area contributed by atoms with E-state index in [9.17, 15) is 4.79 Å². The number of carbonyl (C=O) groups excluding carboxylic acids is 1. The minimum Gasteiger partial charge on any atom is -0.497 e. The van der Waals surface area contributed by atoms with Crippen molar-refractivity contribution in [3.63, 3.8) is 0 Å². The zero-order valence-corrected chi connectivity index (χ0v) is 15.5. The summed E-state index contributed by atoms with van der Waals surface area (Å²) in [6.45, 7) is 3.86. The van der Waals surface area contributed by atoms with E-state index in [2.05, 4.69) is 29.6 Å². The molecule has 0 atom stereocenters. The molecule has 26 heavy (non-hydrogen) atoms. The van der Waals surface area contributed by atoms with E-state index in [-0.39, 0.29) is 11.8 Å². The van der Waals surface area contributed by atoms with Crippen LogP contribution >= 0.6 is 0 Å². The van der Waals surface area contributed by atoms with E-state index in [4.69, 9.17) is 4.74 Å². The Kier molecular flexibility index (Phi) is 6.67. The fraction of sp³-hybridized carbons (Fsp3) is 0.409. The van der Waals surface area contributed by atoms with Gasteiger partial charge >= 0.3 is 0 Å². The minimum absolute atomic E-state index is 0.172. The second kappa shape index (κ2) is 9.39. The van der Waals surface area contributed by atoms with Crippen LogP contribution in [0.3, 0.4) is 0 Å². The molecular formula is C22H29N2O2+. The largest absolute Gasteiger partial charge is 0.497 e. The lowest BCUT2D eigenvalue weighted by molar-refractivity contribution is -0.919. The van der Waals surface area contributed by atoms with Crippen LogP contribution in [0.25, 0.3) is 0 Å². The van der Waals surface area contributed by atoms with Gasteiger partial charge in [0.25, 0.3) is 0 Å². The summed E-state index contributed by atoms with van der Waals surface area (Å²) in [6, 6.07) is 18.6. The molecule has 1 saturated heterocycles. The molecule has 2 aromatic rings. The van der Waals surface area contributed by atoms with Gasteiger partial charge in [0.05, 0.1) is 20.2 Å². The number of benzene rings is 2. The summed E-state index contributed by atoms with van der Waals surface area (Å²) in [6.07, 6.45) is 2.85. The van der Waals surface area contributed by atoms with Gasteiger partial charge in [-0.05, 0) is 36.2 Å². The Labute approximate surface area is 156 Å². The van der Waals surface area contributed by atoms with Crippen molar-refractivity contribution in [1.82, 2.24) is 5.32 Å². The summed E-state index contributed by atoms with van der Waals surface area (Å²) >= 11 is 0. The van der Waals surface area contributed by atoms with Crippen molar-refractivity contribution in [3.8, 4) is 5.75 Å². The van der Waals surface area contributed by atoms with E-state index < -0.39 is 0 Å². The zero-order valence-electron chi connectivity index (χ0n) is 15.5. The molecule has 0 bridgehead atoms. The first-order valence-corrected chi connectivity index (χ1v) is 9.53. The maximum atomic E-state index is 12.4. The summed E-state index contributed by atoms with van der Waals surface area (Å²) in [5.41, 5.74) is 2.60. The number of piperidine rings is 1. The number of likely N-dealkylation sites (tertiary alicyclic amines) is 1. The number of ether oxygens (including phenoxy) is 1. The van der Waals surface area contributed by atoms with Crippen LogP contribution in [0.15, 0.2) is 54.6 Å². The van der Waals surface area contributed by atoms with Gasteiger partial charge in [-0.1, -0.05) is 30.3 Å². The highest BCUT2D eigenvalue weighted by atomic mass is 16.5. The number of methoxy groups -OCH3 is 1. The summed E-state index contributed by atoms with van der Waals surface area (Å²) in [5, 5.41) is 3.12. The number of carbonyl (C=O) groups is 1. The van der Waals surface area contributed by atoms with E-state index in [1.54, 1.807) is 12.0 Å². The van der Waals surface area contributed by atoms with Gasteiger partial charge in [-0.25, -0.2) is 0 Å². The molecular weight excluding hydrogens is 324 g/mol. The minimum atomic E-state index is 0.172. The molecule has 1 heterocycles. The molecule has 2 aromatic carbocycles. The third-order valence-electron chi connectivity index (χ3n) is 5.23. The van der Waals surface area contributed by atoms with Gasteiger partial charge in [-0.3, -0.25) is 4.79 Å². The fourth-order valence-electron chi connectivity index (χ4n) is 3.62. The zero-order chi connectivity index (χ0) is 18.2. The van der Waals surface area contributed by atoms with Crippen molar-refractivity contribution in [2.75, 3.05) is 26.7 Å². The highest BCUT2D eigenvalue weighted by Gasteiger charge is 2.27. The van der Waals surface area contributed by atoms with Crippen LogP contribution in [0.4, 0.5) is 0 Å². The highest BCUT2D eigenvalue weighted by molar-refractivity contribution is 5.78. The van der Waals surface area contributed by atoms with Crippen molar-refractivity contribution in [1.29, 1.82) is 0 Å². The second-order valence-electron chi connectivity index (χ2n) is 7.08. The Hall–Kier alpha value is -2.33. The monoisotopic (exact) mass is 353 g/mol. The highest BCUT2D eigenvalue weighted by Crippen LogP contribution is 2.12. The Balaban J connectivity index is 1.37. The van der Waals surface area contributed by atoms with Gasteiger partial charge in [0.15, 0.2) is 0 Å². The van der Waals surface area contributed by atoms with Crippen molar-refractivity contribution in [2.45, 2.75) is 25.8 Å². The SMILES string of the molecule is COc1ccc(C[NH+]2CCC(C(=O)NCCc3ccccc3)CC2)cc1. The van der Waals surface area contributed by atoms with E-state index >= 15 is 0 Å². The van der Waals surface area contributed by atoms with Gasteiger partial charge in [-0.15, -0.1) is 0 Å². The number of hydrogen-bond donors (Lipinski definition) is 2. The summed E-state index contributed by atoms with van der Waals surface area (Å²) in [4.78, 5) is 13.9. The van der Waals surface area contributed by atoms with Crippen LogP contribution in [-0.2, 0) is 17.8 Å². The van der Waals surface area contributed by atoms with Crippen molar-refractivity contribution in [3.05, 3.63) is 65.7 Å². The Morgan fingerprint density at radius 2 is 1.73 bits per heavy atom. The van der Waals surface area contributed by atoms with Gasteiger partial charge in [0.2, 0.25) is 5.91 Å². The predicted molar refractivity (Wildman–Crippen MR) is 103 cm³/mol. The standard InChI is InChI=1S/C22H28N2O2/c1-26-21-9-7-19(8-10-21)17-24-15-12-20(13-16-24)22(25)23-14-11-18-5-3-2-4-6-18/h2-10,20H,11-17H2,1H3,(H,23,25)/p+1. The van der Waals surface area contributed by atoms with E-state index in [0.717, 1.165) is 51.2 Å². The molecule has 0 aliphatic carbocycles. The number of quaternary nitrogens is 1. The lowest BCUT2D eigenvalue weighted by Gasteiger charge is -2.28. The van der Waals surface area contributed by atoms with Crippen LogP contribution in [0.1, 0.15) is 24.0 Å². The number of hydrogen-bond acceptors (Lipinski definition) is 2. The van der Waals surface area contributed by atoms with E-state index in [0.29, 0.717) is 0 Å². The molecule has 4 heteroatoms. The second-order valence-corrected chi connectivity index (χ2v) is 7.08. The lowest BCUT2D eigenvalue weighted by atomic mass is 9.95. The molecule has 0 radical (unpaired) electrons. The van der Waals surface area contributed by atoms with Gasteiger partial charge < -0.3 is 15.0 Å². The first-order valence-electron chi connectivity index (χ1n) is 9.53. The maximum Gasteiger partial charge on any atom is 0.223 e. The number of rotatable bonds is 7. The normalized spacial score (nSPS) is 19.7. The Morgan fingerprint density at radius 3 is 2.38 bits per heavy atom. The maximum absolute atomic E-state index is 12.4. The molecule has 1 aliphatic heterocycles. The molecule has 0 saturated carbocycles. The lowest BCUT2D eigenvalue weighted by Crippen LogP contribution is -3.11. The van der Waals surface area contributed by atoms with Crippen molar-refractivity contribution in [2.24, 2.45) is 5.92 Å². The first kappa shape index (κ1) is 18.5. The molecule has 0 aromatic heterocycles. The van der Waals surface area contributed by atoms with Crippen LogP contribution in [0.2, 0.25) is 0 Å². The summed E-state index contributed by atoms with van der Waals surface area (Å²) < 4.78 is 5.21. The fourth-order valence-corrected chi connectivity index (χ4v) is 3.62. The molecule has 1 aliphatic rings. The quantitative estimate of drug-likeness (QED) is 0.798. The number of nitrogens with one attached hydrogen (secondary N) is 2. The molecule has 0 spiro atoms. The van der Waals surface area contributed by atoms with Crippen LogP contribution in [-0.4, -0.2) is 32.7 Å². The first-order chi connectivity index (χ1) is 12.7. The van der Waals surface area contributed by atoms with Crippen molar-refractivity contribution < 1.29 is 14.4 Å². The number of amides is 1. The molecule has 3 rings (SSSR count). The van der Waals surface area contributed by atoms with Crippen LogP contribution in [0, 0.1) is 5.92 Å². The Bertz CT molecular complexity index is 677.